The minimum atomic E-state index is -0.914. The van der Waals surface area contributed by atoms with Crippen molar-refractivity contribution in [2.75, 3.05) is 11.9 Å². The Balaban J connectivity index is 1.54. The predicted molar refractivity (Wildman–Crippen MR) is 97.9 cm³/mol. The zero-order chi connectivity index (χ0) is 19.5. The summed E-state index contributed by atoms with van der Waals surface area (Å²) >= 11 is 0. The Bertz CT molecular complexity index is 1150. The van der Waals surface area contributed by atoms with Gasteiger partial charge in [-0.2, -0.15) is 4.68 Å². The van der Waals surface area contributed by atoms with Gasteiger partial charge >= 0.3 is 5.97 Å². The van der Waals surface area contributed by atoms with Crippen molar-refractivity contribution in [1.29, 1.82) is 0 Å². The van der Waals surface area contributed by atoms with Crippen molar-refractivity contribution in [2.45, 2.75) is 6.73 Å². The monoisotopic (exact) mass is 378 g/mol. The molecule has 28 heavy (non-hydrogen) atoms. The number of hydrogen-bond acceptors (Lipinski definition) is 8. The molecule has 0 unspecified atom stereocenters. The molecule has 0 fully saturated rings. The molecule has 4 rings (SSSR count). The molecule has 0 amide bonds. The number of anilines is 1. The van der Waals surface area contributed by atoms with Gasteiger partial charge in [0.15, 0.2) is 18.9 Å². The summed E-state index contributed by atoms with van der Waals surface area (Å²) in [5.74, 6) is -1.42. The van der Waals surface area contributed by atoms with Crippen molar-refractivity contribution >= 4 is 28.3 Å². The van der Waals surface area contributed by atoms with Crippen LogP contribution in [-0.4, -0.2) is 33.4 Å². The number of esters is 1. The van der Waals surface area contributed by atoms with E-state index in [4.69, 9.17) is 9.47 Å². The summed E-state index contributed by atoms with van der Waals surface area (Å²) in [5.41, 5.74) is 0.385. The minimum Gasteiger partial charge on any atom is -0.470 e. The standard InChI is InChI=1S/C19H14N4O5/c24-15-10-27-17(20-12-6-2-1-3-7-12)16(15)19(26)28-11-23-18(25)13-8-4-5-9-14(13)21-22-23/h1-9,20H,10-11H2. The molecule has 0 bridgehead atoms. The van der Waals surface area contributed by atoms with E-state index < -0.39 is 24.0 Å². The van der Waals surface area contributed by atoms with Crippen LogP contribution in [0.25, 0.3) is 10.9 Å². The first-order valence-electron chi connectivity index (χ1n) is 8.35. The molecule has 1 aromatic heterocycles. The fraction of sp³-hybridized carbons (Fsp3) is 0.105. The lowest BCUT2D eigenvalue weighted by molar-refractivity contribution is -0.144. The second kappa shape index (κ2) is 7.31. The molecule has 9 nitrogen and oxygen atoms in total. The summed E-state index contributed by atoms with van der Waals surface area (Å²) in [6.07, 6.45) is 0. The number of benzene rings is 2. The number of ether oxygens (including phenoxy) is 2. The Kier molecular flexibility index (Phi) is 4.55. The van der Waals surface area contributed by atoms with Gasteiger partial charge < -0.3 is 14.8 Å². The lowest BCUT2D eigenvalue weighted by atomic mass is 10.2. The third-order valence-corrected chi connectivity index (χ3v) is 4.04. The molecule has 140 valence electrons. The average molecular weight is 378 g/mol. The van der Waals surface area contributed by atoms with Crippen molar-refractivity contribution in [3.63, 3.8) is 0 Å². The maximum Gasteiger partial charge on any atom is 0.349 e. The van der Waals surface area contributed by atoms with Crippen molar-refractivity contribution in [2.24, 2.45) is 0 Å². The first-order valence-corrected chi connectivity index (χ1v) is 8.35. The molecule has 2 aromatic carbocycles. The highest BCUT2D eigenvalue weighted by Gasteiger charge is 2.32. The van der Waals surface area contributed by atoms with Crippen molar-refractivity contribution in [3.05, 3.63) is 76.4 Å². The highest BCUT2D eigenvalue weighted by molar-refractivity contribution is 6.19. The number of carbonyl (C=O) groups excluding carboxylic acids is 2. The predicted octanol–water partition coefficient (Wildman–Crippen LogP) is 1.22. The molecule has 1 N–H and O–H groups in total. The number of rotatable bonds is 5. The van der Waals surface area contributed by atoms with Crippen molar-refractivity contribution in [1.82, 2.24) is 15.0 Å². The van der Waals surface area contributed by atoms with Crippen LogP contribution in [0.2, 0.25) is 0 Å². The molecule has 0 saturated carbocycles. The topological polar surface area (TPSA) is 112 Å². The number of hydrogen-bond donors (Lipinski definition) is 1. The second-order valence-corrected chi connectivity index (χ2v) is 5.88. The number of Topliss-reactive ketones (excluding diaryl/α,β-unsaturated/α-hetero) is 1. The van der Waals surface area contributed by atoms with E-state index >= 15 is 0 Å². The van der Waals surface area contributed by atoms with E-state index in [0.717, 1.165) is 4.68 Å². The van der Waals surface area contributed by atoms with E-state index in [-0.39, 0.29) is 18.1 Å². The van der Waals surface area contributed by atoms with E-state index in [2.05, 4.69) is 15.6 Å². The summed E-state index contributed by atoms with van der Waals surface area (Å²) in [7, 11) is 0. The van der Waals surface area contributed by atoms with E-state index in [1.54, 1.807) is 48.5 Å². The lowest BCUT2D eigenvalue weighted by Crippen LogP contribution is -2.27. The van der Waals surface area contributed by atoms with Crippen LogP contribution in [0.3, 0.4) is 0 Å². The van der Waals surface area contributed by atoms with Gasteiger partial charge in [0.1, 0.15) is 5.52 Å². The fourth-order valence-corrected chi connectivity index (χ4v) is 2.67. The number of aromatic nitrogens is 3. The van der Waals surface area contributed by atoms with Crippen molar-refractivity contribution < 1.29 is 19.1 Å². The first kappa shape index (κ1) is 17.4. The number of fused-ring (bicyclic) bond motifs is 1. The van der Waals surface area contributed by atoms with Crippen LogP contribution in [0.5, 0.6) is 0 Å². The zero-order valence-electron chi connectivity index (χ0n) is 14.5. The molecule has 0 atom stereocenters. The molecule has 1 aliphatic heterocycles. The Morgan fingerprint density at radius 2 is 1.86 bits per heavy atom. The molecular weight excluding hydrogens is 364 g/mol. The Morgan fingerprint density at radius 1 is 1.11 bits per heavy atom. The number of nitrogens with one attached hydrogen (secondary N) is 1. The zero-order valence-corrected chi connectivity index (χ0v) is 14.5. The van der Waals surface area contributed by atoms with Crippen LogP contribution in [-0.2, 0) is 25.8 Å². The summed E-state index contributed by atoms with van der Waals surface area (Å²) in [5, 5.41) is 10.9. The molecule has 1 aliphatic rings. The Hall–Kier alpha value is -4.01. The lowest BCUT2D eigenvalue weighted by Gasteiger charge is -2.09. The second-order valence-electron chi connectivity index (χ2n) is 5.88. The summed E-state index contributed by atoms with van der Waals surface area (Å²) < 4.78 is 11.3. The van der Waals surface area contributed by atoms with Crippen LogP contribution >= 0.6 is 0 Å². The molecule has 0 saturated heterocycles. The summed E-state index contributed by atoms with van der Waals surface area (Å²) in [6, 6.07) is 15.6. The number of ketones is 1. The number of para-hydroxylation sites is 1. The Labute approximate surface area is 158 Å². The molecule has 0 aliphatic carbocycles. The van der Waals surface area contributed by atoms with Gasteiger partial charge in [0.2, 0.25) is 11.7 Å². The smallest absolute Gasteiger partial charge is 0.349 e. The molecular formula is C19H14N4O5. The molecule has 9 heteroatoms. The molecule has 2 heterocycles. The first-order chi connectivity index (χ1) is 13.6. The third-order valence-electron chi connectivity index (χ3n) is 4.04. The summed E-state index contributed by atoms with van der Waals surface area (Å²) in [6.45, 7) is -0.750. The maximum absolute atomic E-state index is 12.4. The number of carbonyl (C=O) groups is 2. The van der Waals surface area contributed by atoms with E-state index in [9.17, 15) is 14.4 Å². The molecule has 0 spiro atoms. The van der Waals surface area contributed by atoms with Crippen LogP contribution in [0, 0.1) is 0 Å². The van der Waals surface area contributed by atoms with E-state index in [1.165, 1.54) is 0 Å². The van der Waals surface area contributed by atoms with Crippen LogP contribution < -0.4 is 10.9 Å². The van der Waals surface area contributed by atoms with Gasteiger partial charge in [-0.25, -0.2) is 4.79 Å². The average Bonchev–Trinajstić information content (AvgIpc) is 3.08. The van der Waals surface area contributed by atoms with Gasteiger partial charge in [0.05, 0.1) is 5.39 Å². The fourth-order valence-electron chi connectivity index (χ4n) is 2.67. The maximum atomic E-state index is 12.4. The minimum absolute atomic E-state index is 0.0122. The van der Waals surface area contributed by atoms with Crippen LogP contribution in [0.4, 0.5) is 5.69 Å². The van der Waals surface area contributed by atoms with E-state index in [0.29, 0.717) is 16.6 Å². The largest absolute Gasteiger partial charge is 0.470 e. The summed E-state index contributed by atoms with van der Waals surface area (Å²) in [4.78, 5) is 36.9. The third kappa shape index (κ3) is 3.32. The van der Waals surface area contributed by atoms with Gasteiger partial charge in [0, 0.05) is 5.69 Å². The molecule has 3 aromatic rings. The van der Waals surface area contributed by atoms with Gasteiger partial charge in [-0.1, -0.05) is 35.5 Å². The van der Waals surface area contributed by atoms with E-state index in [1.807, 2.05) is 6.07 Å². The van der Waals surface area contributed by atoms with Crippen LogP contribution in [0.15, 0.2) is 70.8 Å². The molecule has 0 radical (unpaired) electrons. The van der Waals surface area contributed by atoms with Gasteiger partial charge in [-0.3, -0.25) is 9.59 Å². The highest BCUT2D eigenvalue weighted by atomic mass is 16.6. The highest BCUT2D eigenvalue weighted by Crippen LogP contribution is 2.20. The normalized spacial score (nSPS) is 13.5. The SMILES string of the molecule is O=C1COC(Nc2ccccc2)=C1C(=O)OCn1nnc2ccccc2c1=O. The van der Waals surface area contributed by atoms with Gasteiger partial charge in [0.25, 0.3) is 5.56 Å². The number of nitrogens with zero attached hydrogens (tertiary/aromatic N) is 3. The quantitative estimate of drug-likeness (QED) is 0.521. The van der Waals surface area contributed by atoms with Crippen molar-refractivity contribution in [3.8, 4) is 0 Å². The van der Waals surface area contributed by atoms with Crippen LogP contribution in [0.1, 0.15) is 0 Å². The van der Waals surface area contributed by atoms with Gasteiger partial charge in [-0.05, 0) is 24.3 Å². The van der Waals surface area contributed by atoms with Gasteiger partial charge in [-0.15, -0.1) is 5.10 Å². The Morgan fingerprint density at radius 3 is 2.68 bits per heavy atom.